The Labute approximate surface area is 79.7 Å². The molecular weight excluding hydrogens is 188 g/mol. The van der Waals surface area contributed by atoms with Gasteiger partial charge in [0.25, 0.3) is 0 Å². The second-order valence-electron chi connectivity index (χ2n) is 2.52. The van der Waals surface area contributed by atoms with Gasteiger partial charge in [0.05, 0.1) is 11.4 Å². The van der Waals surface area contributed by atoms with Crippen molar-refractivity contribution in [3.8, 4) is 0 Å². The van der Waals surface area contributed by atoms with Crippen molar-refractivity contribution in [2.24, 2.45) is 0 Å². The first-order chi connectivity index (χ1) is 6.29. The van der Waals surface area contributed by atoms with Crippen LogP contribution in [-0.4, -0.2) is 26.0 Å². The van der Waals surface area contributed by atoms with Gasteiger partial charge in [0.15, 0.2) is 11.1 Å². The summed E-state index contributed by atoms with van der Waals surface area (Å²) in [5.41, 5.74) is 0.936. The zero-order valence-electron chi connectivity index (χ0n) is 7.14. The minimum atomic E-state index is -1.71. The lowest BCUT2D eigenvalue weighted by atomic mass is 10.3. The van der Waals surface area contributed by atoms with Gasteiger partial charge in [-0.15, -0.1) is 0 Å². The summed E-state index contributed by atoms with van der Waals surface area (Å²) in [6.45, 7) is 1.16. The third-order valence-electron chi connectivity index (χ3n) is 1.49. The summed E-state index contributed by atoms with van der Waals surface area (Å²) >= 11 is -1.71. The van der Waals surface area contributed by atoms with E-state index in [0.717, 1.165) is 5.69 Å². The average Bonchev–Trinajstić information content (AvgIpc) is 2.14. The standard InChI is InChI=1S/C8H12N2O2S/c11-13(12)6-5-9-7-8-3-1-2-4-10-8/h1-4,9H,5-7H2,(H,11,12). The maximum atomic E-state index is 10.3. The van der Waals surface area contributed by atoms with Gasteiger partial charge in [-0.3, -0.25) is 4.98 Å². The van der Waals surface area contributed by atoms with Crippen LogP contribution in [0.1, 0.15) is 5.69 Å². The first-order valence-electron chi connectivity index (χ1n) is 3.97. The van der Waals surface area contributed by atoms with E-state index in [1.54, 1.807) is 6.20 Å². The first kappa shape index (κ1) is 10.3. The van der Waals surface area contributed by atoms with Crippen molar-refractivity contribution in [2.45, 2.75) is 6.54 Å². The molecule has 0 radical (unpaired) electrons. The predicted octanol–water partition coefficient (Wildman–Crippen LogP) is 0.393. The van der Waals surface area contributed by atoms with Gasteiger partial charge in [-0.05, 0) is 12.1 Å². The van der Waals surface area contributed by atoms with Gasteiger partial charge in [-0.1, -0.05) is 6.07 Å². The van der Waals surface area contributed by atoms with Gasteiger partial charge in [0.1, 0.15) is 0 Å². The molecular formula is C8H12N2O2S. The molecule has 5 heteroatoms. The predicted molar refractivity (Wildman–Crippen MR) is 51.6 cm³/mol. The molecule has 1 aromatic rings. The van der Waals surface area contributed by atoms with Crippen molar-refractivity contribution in [3.05, 3.63) is 30.1 Å². The lowest BCUT2D eigenvalue weighted by molar-refractivity contribution is 0.559. The van der Waals surface area contributed by atoms with Gasteiger partial charge < -0.3 is 9.87 Å². The highest BCUT2D eigenvalue weighted by Crippen LogP contribution is 1.91. The summed E-state index contributed by atoms with van der Waals surface area (Å²) in [7, 11) is 0. The molecule has 13 heavy (non-hydrogen) atoms. The number of hydrogen-bond donors (Lipinski definition) is 2. The fraction of sp³-hybridized carbons (Fsp3) is 0.375. The second kappa shape index (κ2) is 5.80. The molecule has 0 fully saturated rings. The molecule has 1 atom stereocenters. The highest BCUT2D eigenvalue weighted by molar-refractivity contribution is 7.79. The molecule has 1 aromatic heterocycles. The van der Waals surface area contributed by atoms with E-state index in [1.807, 2.05) is 18.2 Å². The Hall–Kier alpha value is -0.780. The van der Waals surface area contributed by atoms with Gasteiger partial charge in [0, 0.05) is 19.3 Å². The number of aromatic nitrogens is 1. The molecule has 4 nitrogen and oxygen atoms in total. The molecule has 1 heterocycles. The smallest absolute Gasteiger partial charge is 0.154 e. The number of hydrogen-bond acceptors (Lipinski definition) is 3. The highest BCUT2D eigenvalue weighted by atomic mass is 32.2. The summed E-state index contributed by atoms with van der Waals surface area (Å²) in [6, 6.07) is 5.67. The Balaban J connectivity index is 2.17. The summed E-state index contributed by atoms with van der Waals surface area (Å²) in [5, 5.41) is 3.02. The average molecular weight is 200 g/mol. The fourth-order valence-electron chi connectivity index (χ4n) is 0.879. The number of nitrogens with zero attached hydrogens (tertiary/aromatic N) is 1. The summed E-state index contributed by atoms with van der Waals surface area (Å²) < 4.78 is 18.7. The van der Waals surface area contributed by atoms with E-state index in [1.165, 1.54) is 0 Å². The molecule has 0 aliphatic carbocycles. The molecule has 1 unspecified atom stereocenters. The van der Waals surface area contributed by atoms with Gasteiger partial charge in [0.2, 0.25) is 0 Å². The number of nitrogens with one attached hydrogen (secondary N) is 1. The van der Waals surface area contributed by atoms with Crippen LogP contribution in [-0.2, 0) is 17.6 Å². The van der Waals surface area contributed by atoms with Crippen molar-refractivity contribution in [2.75, 3.05) is 12.3 Å². The van der Waals surface area contributed by atoms with Crippen LogP contribution in [0.3, 0.4) is 0 Å². The molecule has 0 saturated heterocycles. The van der Waals surface area contributed by atoms with Crippen LogP contribution in [0.2, 0.25) is 0 Å². The van der Waals surface area contributed by atoms with Crippen LogP contribution in [0, 0.1) is 0 Å². The van der Waals surface area contributed by atoms with E-state index in [2.05, 4.69) is 10.3 Å². The zero-order valence-corrected chi connectivity index (χ0v) is 7.96. The molecule has 0 saturated carbocycles. The fourth-order valence-corrected chi connectivity index (χ4v) is 1.20. The third kappa shape index (κ3) is 4.72. The highest BCUT2D eigenvalue weighted by Gasteiger charge is 1.94. The van der Waals surface area contributed by atoms with E-state index >= 15 is 0 Å². The third-order valence-corrected chi connectivity index (χ3v) is 2.04. The molecule has 0 amide bonds. The van der Waals surface area contributed by atoms with Crippen LogP contribution < -0.4 is 5.32 Å². The molecule has 0 aromatic carbocycles. The van der Waals surface area contributed by atoms with Crippen LogP contribution >= 0.6 is 0 Å². The zero-order chi connectivity index (χ0) is 9.52. The maximum Gasteiger partial charge on any atom is 0.154 e. The SMILES string of the molecule is O=S(O)CCNCc1ccccn1. The maximum absolute atomic E-state index is 10.3. The topological polar surface area (TPSA) is 62.2 Å². The van der Waals surface area contributed by atoms with Crippen molar-refractivity contribution in [3.63, 3.8) is 0 Å². The van der Waals surface area contributed by atoms with E-state index < -0.39 is 11.1 Å². The van der Waals surface area contributed by atoms with E-state index in [9.17, 15) is 4.21 Å². The quantitative estimate of drug-likeness (QED) is 0.533. The lowest BCUT2D eigenvalue weighted by Crippen LogP contribution is -2.20. The second-order valence-corrected chi connectivity index (χ2v) is 3.57. The molecule has 1 rings (SSSR count). The molecule has 0 aliphatic heterocycles. The molecule has 2 N–H and O–H groups in total. The van der Waals surface area contributed by atoms with Gasteiger partial charge >= 0.3 is 0 Å². The summed E-state index contributed by atoms with van der Waals surface area (Å²) in [4.78, 5) is 4.09. The van der Waals surface area contributed by atoms with Gasteiger partial charge in [-0.25, -0.2) is 4.21 Å². The van der Waals surface area contributed by atoms with E-state index in [4.69, 9.17) is 4.55 Å². The summed E-state index contributed by atoms with van der Waals surface area (Å²) in [5.74, 6) is 0.257. The Bertz CT molecular complexity index is 266. The number of rotatable bonds is 5. The van der Waals surface area contributed by atoms with Crippen molar-refractivity contribution >= 4 is 11.1 Å². The Kier molecular flexibility index (Phi) is 4.59. The normalized spacial score (nSPS) is 12.7. The molecule has 0 spiro atoms. The van der Waals surface area contributed by atoms with Crippen LogP contribution in [0.4, 0.5) is 0 Å². The van der Waals surface area contributed by atoms with Gasteiger partial charge in [-0.2, -0.15) is 0 Å². The first-order valence-corrected chi connectivity index (χ1v) is 5.24. The van der Waals surface area contributed by atoms with Crippen molar-refractivity contribution in [1.82, 2.24) is 10.3 Å². The minimum Gasteiger partial charge on any atom is -0.310 e. The van der Waals surface area contributed by atoms with Crippen molar-refractivity contribution < 1.29 is 8.76 Å². The minimum absolute atomic E-state index is 0.257. The monoisotopic (exact) mass is 200 g/mol. The summed E-state index contributed by atoms with van der Waals surface area (Å²) in [6.07, 6.45) is 1.72. The van der Waals surface area contributed by atoms with Crippen LogP contribution in [0.5, 0.6) is 0 Å². The largest absolute Gasteiger partial charge is 0.310 e. The molecule has 0 aliphatic rings. The molecule has 72 valence electrons. The Morgan fingerprint density at radius 3 is 3.00 bits per heavy atom. The lowest BCUT2D eigenvalue weighted by Gasteiger charge is -2.01. The van der Waals surface area contributed by atoms with Crippen molar-refractivity contribution in [1.29, 1.82) is 0 Å². The van der Waals surface area contributed by atoms with Crippen LogP contribution in [0.15, 0.2) is 24.4 Å². The number of pyridine rings is 1. The van der Waals surface area contributed by atoms with E-state index in [0.29, 0.717) is 13.1 Å². The van der Waals surface area contributed by atoms with Crippen LogP contribution in [0.25, 0.3) is 0 Å². The van der Waals surface area contributed by atoms with E-state index in [-0.39, 0.29) is 5.75 Å². The Morgan fingerprint density at radius 2 is 2.38 bits per heavy atom. The Morgan fingerprint density at radius 1 is 1.54 bits per heavy atom. The molecule has 0 bridgehead atoms.